The van der Waals surface area contributed by atoms with Gasteiger partial charge in [0.25, 0.3) is 5.91 Å². The van der Waals surface area contributed by atoms with E-state index < -0.39 is 29.7 Å². The third-order valence-electron chi connectivity index (χ3n) is 6.88. The molecule has 10 heteroatoms. The zero-order valence-corrected chi connectivity index (χ0v) is 24.3. The summed E-state index contributed by atoms with van der Waals surface area (Å²) in [5.41, 5.74) is 2.13. The van der Waals surface area contributed by atoms with Crippen molar-refractivity contribution in [3.63, 3.8) is 0 Å². The fourth-order valence-electron chi connectivity index (χ4n) is 4.61. The quantitative estimate of drug-likeness (QED) is 0.143. The summed E-state index contributed by atoms with van der Waals surface area (Å²) in [6.45, 7) is 0. The number of hydrogen-bond donors (Lipinski definition) is 3. The van der Waals surface area contributed by atoms with E-state index in [4.69, 9.17) is 16.3 Å². The van der Waals surface area contributed by atoms with Crippen molar-refractivity contribution < 1.29 is 32.6 Å². The molecule has 0 aromatic heterocycles. The molecule has 1 amide bonds. The molecule has 6 nitrogen and oxygen atoms in total. The number of ether oxygens (including phenoxy) is 1. The molecule has 5 aromatic carbocycles. The minimum absolute atomic E-state index is 0.00819. The van der Waals surface area contributed by atoms with Crippen molar-refractivity contribution in [1.29, 1.82) is 0 Å². The number of amides is 1. The first kappa shape index (κ1) is 31.2. The molecule has 0 saturated carbocycles. The average molecular weight is 631 g/mol. The van der Waals surface area contributed by atoms with Crippen LogP contribution in [0.1, 0.15) is 21.5 Å². The molecular weight excluding hydrogens is 605 g/mol. The van der Waals surface area contributed by atoms with E-state index in [0.717, 1.165) is 23.3 Å². The Labute approximate surface area is 262 Å². The number of carboxylic acid groups (broad SMARTS) is 1. The molecule has 0 saturated heterocycles. The van der Waals surface area contributed by atoms with Crippen molar-refractivity contribution in [2.24, 2.45) is 0 Å². The van der Waals surface area contributed by atoms with Crippen LogP contribution >= 0.6 is 11.6 Å². The van der Waals surface area contributed by atoms with Crippen molar-refractivity contribution in [2.75, 3.05) is 5.32 Å². The van der Waals surface area contributed by atoms with E-state index in [0.29, 0.717) is 22.7 Å². The van der Waals surface area contributed by atoms with Gasteiger partial charge in [0.05, 0.1) is 16.8 Å². The van der Waals surface area contributed by atoms with Gasteiger partial charge < -0.3 is 20.5 Å². The molecule has 3 N–H and O–H groups in total. The maximum atomic E-state index is 13.3. The van der Waals surface area contributed by atoms with E-state index in [1.165, 1.54) is 30.3 Å². The monoisotopic (exact) mass is 630 g/mol. The minimum atomic E-state index is -4.49. The van der Waals surface area contributed by atoms with Crippen LogP contribution in [0.15, 0.2) is 121 Å². The van der Waals surface area contributed by atoms with Gasteiger partial charge in [0.15, 0.2) is 0 Å². The number of aliphatic carboxylic acids is 1. The molecule has 228 valence electrons. The smallest absolute Gasteiger partial charge is 0.416 e. The number of para-hydroxylation sites is 2. The van der Waals surface area contributed by atoms with Crippen LogP contribution in [-0.4, -0.2) is 23.0 Å². The second-order valence-electron chi connectivity index (χ2n) is 10.1. The van der Waals surface area contributed by atoms with Crippen molar-refractivity contribution in [3.05, 3.63) is 143 Å². The molecular formula is C35H26ClF3N2O4. The lowest BCUT2D eigenvalue weighted by Gasteiger charge is -2.18. The van der Waals surface area contributed by atoms with E-state index in [-0.39, 0.29) is 22.7 Å². The van der Waals surface area contributed by atoms with Gasteiger partial charge in [0.1, 0.15) is 17.5 Å². The number of rotatable bonds is 10. The molecule has 0 aliphatic carbocycles. The Morgan fingerprint density at radius 2 is 1.49 bits per heavy atom. The summed E-state index contributed by atoms with van der Waals surface area (Å²) in [7, 11) is 0. The molecule has 0 aliphatic rings. The molecule has 0 heterocycles. The van der Waals surface area contributed by atoms with Crippen LogP contribution in [0.25, 0.3) is 11.1 Å². The van der Waals surface area contributed by atoms with Gasteiger partial charge >= 0.3 is 12.1 Å². The first-order valence-electron chi connectivity index (χ1n) is 13.8. The molecule has 0 fully saturated rings. The molecule has 0 spiro atoms. The zero-order chi connectivity index (χ0) is 32.0. The SMILES string of the molecule is O=C(NC(Cc1ccc(-c2ccccc2Oc2ccccc2)cc1)C(=O)O)c1cc(Cl)ccc1Nc1ccc(C(F)(F)F)cc1. The number of benzene rings is 5. The van der Waals surface area contributed by atoms with Gasteiger partial charge in [0.2, 0.25) is 0 Å². The Morgan fingerprint density at radius 1 is 0.822 bits per heavy atom. The highest BCUT2D eigenvalue weighted by molar-refractivity contribution is 6.31. The summed E-state index contributed by atoms with van der Waals surface area (Å²) in [5.74, 6) is -0.607. The molecule has 5 aromatic rings. The van der Waals surface area contributed by atoms with Crippen LogP contribution in [0, 0.1) is 0 Å². The summed E-state index contributed by atoms with van der Waals surface area (Å²) in [6.07, 6.45) is -4.50. The van der Waals surface area contributed by atoms with Gasteiger partial charge in [-0.2, -0.15) is 13.2 Å². The van der Waals surface area contributed by atoms with Crippen LogP contribution in [0.5, 0.6) is 11.5 Å². The predicted octanol–water partition coefficient (Wildman–Crippen LogP) is 8.99. The maximum absolute atomic E-state index is 13.3. The van der Waals surface area contributed by atoms with E-state index in [9.17, 15) is 27.9 Å². The largest absolute Gasteiger partial charge is 0.480 e. The number of nitrogens with one attached hydrogen (secondary N) is 2. The third kappa shape index (κ3) is 8.01. The van der Waals surface area contributed by atoms with Crippen molar-refractivity contribution in [2.45, 2.75) is 18.6 Å². The molecule has 1 atom stereocenters. The lowest BCUT2D eigenvalue weighted by Crippen LogP contribution is -2.42. The predicted molar refractivity (Wildman–Crippen MR) is 167 cm³/mol. The van der Waals surface area contributed by atoms with Gasteiger partial charge in [-0.15, -0.1) is 0 Å². The van der Waals surface area contributed by atoms with Crippen LogP contribution in [-0.2, 0) is 17.4 Å². The summed E-state index contributed by atoms with van der Waals surface area (Å²) < 4.78 is 44.9. The number of anilines is 2. The first-order valence-corrected chi connectivity index (χ1v) is 14.1. The third-order valence-corrected chi connectivity index (χ3v) is 7.12. The van der Waals surface area contributed by atoms with E-state index in [1.54, 1.807) is 12.1 Å². The lowest BCUT2D eigenvalue weighted by atomic mass is 9.99. The maximum Gasteiger partial charge on any atom is 0.416 e. The van der Waals surface area contributed by atoms with Crippen molar-refractivity contribution in [3.8, 4) is 22.6 Å². The normalized spacial score (nSPS) is 11.8. The Bertz CT molecular complexity index is 1800. The first-order chi connectivity index (χ1) is 21.6. The van der Waals surface area contributed by atoms with E-state index >= 15 is 0 Å². The van der Waals surface area contributed by atoms with Crippen LogP contribution in [0.3, 0.4) is 0 Å². The topological polar surface area (TPSA) is 87.7 Å². The Balaban J connectivity index is 1.30. The zero-order valence-electron chi connectivity index (χ0n) is 23.5. The molecule has 45 heavy (non-hydrogen) atoms. The van der Waals surface area contributed by atoms with E-state index in [1.807, 2.05) is 66.7 Å². The Morgan fingerprint density at radius 3 is 2.16 bits per heavy atom. The highest BCUT2D eigenvalue weighted by atomic mass is 35.5. The van der Waals surface area contributed by atoms with Gasteiger partial charge in [-0.05, 0) is 71.8 Å². The minimum Gasteiger partial charge on any atom is -0.480 e. The summed E-state index contributed by atoms with van der Waals surface area (Å²) in [4.78, 5) is 25.5. The van der Waals surface area contributed by atoms with Crippen LogP contribution < -0.4 is 15.4 Å². The van der Waals surface area contributed by atoms with Crippen LogP contribution in [0.4, 0.5) is 24.5 Å². The Hall–Kier alpha value is -5.28. The fraction of sp³-hybridized carbons (Fsp3) is 0.0857. The van der Waals surface area contributed by atoms with Gasteiger partial charge in [0, 0.05) is 22.7 Å². The lowest BCUT2D eigenvalue weighted by molar-refractivity contribution is -0.139. The molecule has 0 aliphatic heterocycles. The molecule has 5 rings (SSSR count). The highest BCUT2D eigenvalue weighted by Crippen LogP contribution is 2.34. The fourth-order valence-corrected chi connectivity index (χ4v) is 4.79. The number of carbonyl (C=O) groups is 2. The molecule has 0 bridgehead atoms. The number of carboxylic acids is 1. The number of carbonyl (C=O) groups excluding carboxylic acids is 1. The van der Waals surface area contributed by atoms with Crippen LogP contribution in [0.2, 0.25) is 5.02 Å². The van der Waals surface area contributed by atoms with Crippen molar-refractivity contribution in [1.82, 2.24) is 5.32 Å². The molecule has 1 unspecified atom stereocenters. The number of halogens is 4. The summed E-state index contributed by atoms with van der Waals surface area (Å²) in [6, 6.07) is 31.6. The van der Waals surface area contributed by atoms with Gasteiger partial charge in [-0.1, -0.05) is 72.3 Å². The second kappa shape index (κ2) is 13.6. The van der Waals surface area contributed by atoms with Gasteiger partial charge in [-0.3, -0.25) is 4.79 Å². The second-order valence-corrected chi connectivity index (χ2v) is 10.5. The summed E-state index contributed by atoms with van der Waals surface area (Å²) in [5, 5.41) is 15.6. The van der Waals surface area contributed by atoms with Crippen molar-refractivity contribution >= 4 is 34.9 Å². The number of hydrogen-bond acceptors (Lipinski definition) is 4. The Kier molecular flexibility index (Phi) is 9.39. The van der Waals surface area contributed by atoms with E-state index in [2.05, 4.69) is 10.6 Å². The summed E-state index contributed by atoms with van der Waals surface area (Å²) >= 11 is 6.13. The molecule has 0 radical (unpaired) electrons. The average Bonchev–Trinajstić information content (AvgIpc) is 3.02. The van der Waals surface area contributed by atoms with Gasteiger partial charge in [-0.25, -0.2) is 4.79 Å². The number of alkyl halides is 3. The highest BCUT2D eigenvalue weighted by Gasteiger charge is 2.30. The standard InChI is InChI=1S/C35H26ClF3N2O4/c36-25-16-19-30(40-26-17-14-24(15-18-26)35(37,38)39)29(21-25)33(42)41-31(34(43)44)20-22-10-12-23(13-11-22)28-8-4-5-9-32(28)45-27-6-2-1-3-7-27/h1-19,21,31,40H,20H2,(H,41,42)(H,43,44).